The van der Waals surface area contributed by atoms with Crippen molar-refractivity contribution >= 4 is 27.5 Å². The monoisotopic (exact) mass is 345 g/mol. The molecule has 0 bridgehead atoms. The number of ether oxygens (including phenoxy) is 1. The van der Waals surface area contributed by atoms with Gasteiger partial charge in [0.2, 0.25) is 5.91 Å². The van der Waals surface area contributed by atoms with Gasteiger partial charge in [-0.15, -0.1) is 0 Å². The summed E-state index contributed by atoms with van der Waals surface area (Å²) in [7, 11) is 1.61. The van der Waals surface area contributed by atoms with E-state index >= 15 is 0 Å². The number of hydrogen-bond donors (Lipinski definition) is 1. The molecule has 108 valence electrons. The van der Waals surface area contributed by atoms with Gasteiger partial charge in [0.1, 0.15) is 5.75 Å². The third kappa shape index (κ3) is 3.10. The molecule has 2 aromatic carbocycles. The van der Waals surface area contributed by atoms with E-state index < -0.39 is 0 Å². The van der Waals surface area contributed by atoms with Crippen LogP contribution in [0.2, 0.25) is 0 Å². The fourth-order valence-corrected chi connectivity index (χ4v) is 2.85. The Balaban J connectivity index is 1.68. The van der Waals surface area contributed by atoms with E-state index in [1.54, 1.807) is 7.11 Å². The molecule has 0 spiro atoms. The molecular formula is C17H16BrNO2. The van der Waals surface area contributed by atoms with Crippen LogP contribution in [0, 0.1) is 5.92 Å². The number of anilines is 1. The molecule has 2 aromatic rings. The number of amides is 1. The lowest BCUT2D eigenvalue weighted by atomic mass is 10.1. The van der Waals surface area contributed by atoms with Crippen molar-refractivity contribution in [3.8, 4) is 5.75 Å². The first-order chi connectivity index (χ1) is 10.2. The van der Waals surface area contributed by atoms with Crippen LogP contribution in [0.4, 0.5) is 5.69 Å². The Morgan fingerprint density at radius 1 is 1.24 bits per heavy atom. The van der Waals surface area contributed by atoms with E-state index in [2.05, 4.69) is 33.4 Å². The SMILES string of the molecule is COc1ccc(Br)c(NC(=O)C2CC2c2ccccc2)c1. The number of rotatable bonds is 4. The topological polar surface area (TPSA) is 38.3 Å². The molecule has 0 aliphatic heterocycles. The van der Waals surface area contributed by atoms with Gasteiger partial charge in [-0.05, 0) is 46.0 Å². The first-order valence-corrected chi connectivity index (χ1v) is 7.67. The number of halogens is 1. The van der Waals surface area contributed by atoms with E-state index in [9.17, 15) is 4.79 Å². The van der Waals surface area contributed by atoms with Crippen LogP contribution in [0.5, 0.6) is 5.75 Å². The van der Waals surface area contributed by atoms with Crippen LogP contribution in [-0.2, 0) is 4.79 Å². The van der Waals surface area contributed by atoms with Crippen LogP contribution in [0.25, 0.3) is 0 Å². The minimum absolute atomic E-state index is 0.0606. The Morgan fingerprint density at radius 2 is 2.00 bits per heavy atom. The van der Waals surface area contributed by atoms with Crippen molar-refractivity contribution in [2.24, 2.45) is 5.92 Å². The second kappa shape index (κ2) is 5.90. The largest absolute Gasteiger partial charge is 0.497 e. The summed E-state index contributed by atoms with van der Waals surface area (Å²) in [5.74, 6) is 1.20. The van der Waals surface area contributed by atoms with Crippen LogP contribution < -0.4 is 10.1 Å². The molecule has 1 aliphatic carbocycles. The summed E-state index contributed by atoms with van der Waals surface area (Å²) in [5, 5.41) is 2.98. The molecular weight excluding hydrogens is 330 g/mol. The van der Waals surface area contributed by atoms with Gasteiger partial charge in [-0.3, -0.25) is 4.79 Å². The van der Waals surface area contributed by atoms with Crippen LogP contribution >= 0.6 is 15.9 Å². The minimum atomic E-state index is 0.0606. The van der Waals surface area contributed by atoms with Crippen molar-refractivity contribution in [2.75, 3.05) is 12.4 Å². The van der Waals surface area contributed by atoms with Crippen LogP contribution in [-0.4, -0.2) is 13.0 Å². The summed E-state index contributed by atoms with van der Waals surface area (Å²) >= 11 is 3.45. The number of nitrogens with one attached hydrogen (secondary N) is 1. The normalized spacial score (nSPS) is 19.9. The summed E-state index contributed by atoms with van der Waals surface area (Å²) in [6, 6.07) is 15.7. The molecule has 3 rings (SSSR count). The first-order valence-electron chi connectivity index (χ1n) is 6.88. The molecule has 21 heavy (non-hydrogen) atoms. The predicted molar refractivity (Wildman–Crippen MR) is 86.6 cm³/mol. The van der Waals surface area contributed by atoms with Crippen LogP contribution in [0.15, 0.2) is 53.0 Å². The lowest BCUT2D eigenvalue weighted by Crippen LogP contribution is -2.15. The highest BCUT2D eigenvalue weighted by Gasteiger charge is 2.43. The average Bonchev–Trinajstić information content (AvgIpc) is 3.31. The van der Waals surface area contributed by atoms with E-state index in [-0.39, 0.29) is 11.8 Å². The van der Waals surface area contributed by atoms with Crippen molar-refractivity contribution in [3.05, 3.63) is 58.6 Å². The van der Waals surface area contributed by atoms with E-state index in [0.717, 1.165) is 22.3 Å². The maximum Gasteiger partial charge on any atom is 0.228 e. The van der Waals surface area contributed by atoms with Crippen LogP contribution in [0.3, 0.4) is 0 Å². The molecule has 1 saturated carbocycles. The van der Waals surface area contributed by atoms with Gasteiger partial charge in [-0.25, -0.2) is 0 Å². The summed E-state index contributed by atoms with van der Waals surface area (Å²) < 4.78 is 6.04. The molecule has 2 unspecified atom stereocenters. The van der Waals surface area contributed by atoms with Gasteiger partial charge in [0.15, 0.2) is 0 Å². The van der Waals surface area contributed by atoms with Gasteiger partial charge in [0.05, 0.1) is 12.8 Å². The quantitative estimate of drug-likeness (QED) is 0.901. The second-order valence-corrected chi connectivity index (χ2v) is 6.05. The fraction of sp³-hybridized carbons (Fsp3) is 0.235. The molecule has 0 heterocycles. The molecule has 3 nitrogen and oxygen atoms in total. The number of carbonyl (C=O) groups excluding carboxylic acids is 1. The predicted octanol–water partition coefficient (Wildman–Crippen LogP) is 4.20. The average molecular weight is 346 g/mol. The summed E-state index contributed by atoms with van der Waals surface area (Å²) in [6.45, 7) is 0. The Kier molecular flexibility index (Phi) is 3.97. The molecule has 1 amide bonds. The zero-order valence-electron chi connectivity index (χ0n) is 11.7. The third-order valence-electron chi connectivity index (χ3n) is 3.79. The van der Waals surface area contributed by atoms with Crippen molar-refractivity contribution in [2.45, 2.75) is 12.3 Å². The molecule has 1 N–H and O–H groups in total. The lowest BCUT2D eigenvalue weighted by molar-refractivity contribution is -0.117. The molecule has 0 aromatic heterocycles. The summed E-state index contributed by atoms with van der Waals surface area (Å²) in [6.07, 6.45) is 0.914. The van der Waals surface area contributed by atoms with Crippen LogP contribution in [0.1, 0.15) is 17.9 Å². The van der Waals surface area contributed by atoms with Crippen molar-refractivity contribution in [1.82, 2.24) is 0 Å². The number of benzene rings is 2. The summed E-state index contributed by atoms with van der Waals surface area (Å²) in [5.41, 5.74) is 1.99. The number of hydrogen-bond acceptors (Lipinski definition) is 2. The number of carbonyl (C=O) groups is 1. The maximum absolute atomic E-state index is 12.3. The second-order valence-electron chi connectivity index (χ2n) is 5.19. The Labute approximate surface area is 132 Å². The molecule has 2 atom stereocenters. The third-order valence-corrected chi connectivity index (χ3v) is 4.48. The Bertz CT molecular complexity index is 657. The molecule has 1 fully saturated rings. The van der Waals surface area contributed by atoms with E-state index in [1.165, 1.54) is 5.56 Å². The lowest BCUT2D eigenvalue weighted by Gasteiger charge is -2.09. The Hall–Kier alpha value is -1.81. The molecule has 4 heteroatoms. The highest BCUT2D eigenvalue weighted by Crippen LogP contribution is 2.48. The Morgan fingerprint density at radius 3 is 2.71 bits per heavy atom. The number of methoxy groups -OCH3 is 1. The van der Waals surface area contributed by atoms with E-state index in [4.69, 9.17) is 4.74 Å². The molecule has 0 saturated heterocycles. The van der Waals surface area contributed by atoms with Crippen molar-refractivity contribution in [3.63, 3.8) is 0 Å². The molecule has 1 aliphatic rings. The minimum Gasteiger partial charge on any atom is -0.497 e. The standard InChI is InChI=1S/C17H16BrNO2/c1-21-12-7-8-15(18)16(9-12)19-17(20)14-10-13(14)11-5-3-2-4-6-11/h2-9,13-14H,10H2,1H3,(H,19,20). The fourth-order valence-electron chi connectivity index (χ4n) is 2.51. The zero-order valence-corrected chi connectivity index (χ0v) is 13.3. The van der Waals surface area contributed by atoms with Gasteiger partial charge < -0.3 is 10.1 Å². The maximum atomic E-state index is 12.3. The first kappa shape index (κ1) is 14.1. The zero-order chi connectivity index (χ0) is 14.8. The van der Waals surface area contributed by atoms with E-state index in [1.807, 2.05) is 36.4 Å². The van der Waals surface area contributed by atoms with Gasteiger partial charge in [0, 0.05) is 16.5 Å². The summed E-state index contributed by atoms with van der Waals surface area (Å²) in [4.78, 5) is 12.3. The van der Waals surface area contributed by atoms with Gasteiger partial charge >= 0.3 is 0 Å². The highest BCUT2D eigenvalue weighted by molar-refractivity contribution is 9.10. The smallest absolute Gasteiger partial charge is 0.228 e. The van der Waals surface area contributed by atoms with Crippen molar-refractivity contribution in [1.29, 1.82) is 0 Å². The van der Waals surface area contributed by atoms with E-state index in [0.29, 0.717) is 5.92 Å². The van der Waals surface area contributed by atoms with Gasteiger partial charge in [-0.2, -0.15) is 0 Å². The highest BCUT2D eigenvalue weighted by atomic mass is 79.9. The molecule has 0 radical (unpaired) electrons. The van der Waals surface area contributed by atoms with Gasteiger partial charge in [0.25, 0.3) is 0 Å². The van der Waals surface area contributed by atoms with Gasteiger partial charge in [-0.1, -0.05) is 30.3 Å². The van der Waals surface area contributed by atoms with Crippen molar-refractivity contribution < 1.29 is 9.53 Å².